The summed E-state index contributed by atoms with van der Waals surface area (Å²) < 4.78 is 26.7. The Labute approximate surface area is 135 Å². The van der Waals surface area contributed by atoms with Crippen LogP contribution in [0.2, 0.25) is 0 Å². The van der Waals surface area contributed by atoms with Crippen LogP contribution in [0.1, 0.15) is 6.23 Å². The van der Waals surface area contributed by atoms with Gasteiger partial charge >= 0.3 is 13.5 Å². The van der Waals surface area contributed by atoms with Crippen molar-refractivity contribution in [3.63, 3.8) is 0 Å². The summed E-state index contributed by atoms with van der Waals surface area (Å²) in [4.78, 5) is 24.6. The Kier molecular flexibility index (Phi) is 6.06. The van der Waals surface area contributed by atoms with Gasteiger partial charge in [-0.1, -0.05) is 0 Å². The summed E-state index contributed by atoms with van der Waals surface area (Å²) in [5.74, 6) is -0.0218. The van der Waals surface area contributed by atoms with E-state index in [0.29, 0.717) is 0 Å². The maximum absolute atomic E-state index is 11.8. The van der Waals surface area contributed by atoms with Crippen molar-refractivity contribution in [1.82, 2.24) is 9.55 Å². The van der Waals surface area contributed by atoms with E-state index in [1.165, 1.54) is 12.3 Å². The molecule has 0 spiro atoms. The Hall–Kier alpha value is -1.37. The molecule has 2 heterocycles. The number of nitrogen functional groups attached to an aromatic ring is 1. The number of ether oxygens (including phenoxy) is 1. The maximum Gasteiger partial charge on any atom is 0.472 e. The lowest BCUT2D eigenvalue weighted by Gasteiger charge is -2.17. The highest BCUT2D eigenvalue weighted by Gasteiger charge is 2.45. The van der Waals surface area contributed by atoms with Crippen molar-refractivity contribution < 1.29 is 38.6 Å². The van der Waals surface area contributed by atoms with Crippen molar-refractivity contribution in [2.45, 2.75) is 24.5 Å². The van der Waals surface area contributed by atoms with Gasteiger partial charge < -0.3 is 30.7 Å². The van der Waals surface area contributed by atoms with Crippen LogP contribution in [0.4, 0.5) is 5.82 Å². The second kappa shape index (κ2) is 7.68. The lowest BCUT2D eigenvalue weighted by molar-refractivity contribution is -0.0553. The summed E-state index contributed by atoms with van der Waals surface area (Å²) in [7, 11) is -4.45. The number of nitrogens with two attached hydrogens (primary N) is 1. The second-order valence-electron chi connectivity index (χ2n) is 4.91. The molecular formula is C11H18N3O9P. The molecule has 0 aromatic carbocycles. The average Bonchev–Trinajstić information content (AvgIpc) is 2.79. The van der Waals surface area contributed by atoms with Crippen LogP contribution in [0.25, 0.3) is 0 Å². The first kappa shape index (κ1) is 19.0. The molecule has 24 heavy (non-hydrogen) atoms. The fourth-order valence-electron chi connectivity index (χ4n) is 2.08. The number of rotatable bonds is 7. The molecule has 0 bridgehead atoms. The van der Waals surface area contributed by atoms with Crippen LogP contribution in [0, 0.1) is 0 Å². The number of nitrogens with zero attached hydrogens (tertiary/aromatic N) is 2. The van der Waals surface area contributed by atoms with Gasteiger partial charge in [0, 0.05) is 6.20 Å². The molecule has 6 N–H and O–H groups in total. The maximum atomic E-state index is 11.8. The van der Waals surface area contributed by atoms with Gasteiger partial charge in [-0.3, -0.25) is 13.6 Å². The van der Waals surface area contributed by atoms with Gasteiger partial charge in [0.1, 0.15) is 24.1 Å². The van der Waals surface area contributed by atoms with Crippen LogP contribution < -0.4 is 11.4 Å². The van der Waals surface area contributed by atoms with Crippen molar-refractivity contribution in [1.29, 1.82) is 0 Å². The van der Waals surface area contributed by atoms with Crippen molar-refractivity contribution >= 4 is 13.6 Å². The fraction of sp³-hybridized carbons (Fsp3) is 0.636. The highest BCUT2D eigenvalue weighted by atomic mass is 31.2. The van der Waals surface area contributed by atoms with Gasteiger partial charge in [0.25, 0.3) is 0 Å². The molecule has 12 nitrogen and oxygen atoms in total. The van der Waals surface area contributed by atoms with E-state index < -0.39 is 57.9 Å². The molecule has 0 saturated carbocycles. The lowest BCUT2D eigenvalue weighted by atomic mass is 10.1. The number of phosphoric acid groups is 1. The first-order chi connectivity index (χ1) is 11.2. The van der Waals surface area contributed by atoms with E-state index in [2.05, 4.69) is 14.0 Å². The van der Waals surface area contributed by atoms with Gasteiger partial charge in [0.15, 0.2) is 6.23 Å². The summed E-state index contributed by atoms with van der Waals surface area (Å²) >= 11 is 0. The summed E-state index contributed by atoms with van der Waals surface area (Å²) in [6.07, 6.45) is -4.23. The normalized spacial score (nSPS) is 29.5. The highest BCUT2D eigenvalue weighted by Crippen LogP contribution is 2.44. The van der Waals surface area contributed by atoms with Gasteiger partial charge in [-0.15, -0.1) is 0 Å². The standard InChI is InChI=1S/C11H18N3O9P/c12-7-1-2-14(11(18)13-7)10-9(17)8(16)6(23-10)5-22-24(19,20)21-4-3-15/h1-2,6,8-10,15-17H,3-5H2,(H,19,20)(H2,12,13,18)/t6-,8-,9+,10-/m1/s1. The van der Waals surface area contributed by atoms with Crippen molar-refractivity contribution in [2.24, 2.45) is 0 Å². The quantitative estimate of drug-likeness (QED) is 0.322. The van der Waals surface area contributed by atoms with Gasteiger partial charge in [-0.2, -0.15) is 4.98 Å². The monoisotopic (exact) mass is 367 g/mol. The van der Waals surface area contributed by atoms with Gasteiger partial charge in [0.2, 0.25) is 0 Å². The molecule has 136 valence electrons. The Morgan fingerprint density at radius 1 is 1.38 bits per heavy atom. The minimum atomic E-state index is -4.45. The molecule has 13 heteroatoms. The topological polar surface area (TPSA) is 187 Å². The number of aromatic nitrogens is 2. The molecule has 1 aromatic heterocycles. The van der Waals surface area contributed by atoms with Crippen LogP contribution in [-0.4, -0.2) is 67.9 Å². The first-order valence-corrected chi connectivity index (χ1v) is 8.33. The van der Waals surface area contributed by atoms with E-state index >= 15 is 0 Å². The van der Waals surface area contributed by atoms with Gasteiger partial charge in [-0.05, 0) is 6.07 Å². The highest BCUT2D eigenvalue weighted by molar-refractivity contribution is 7.47. The molecule has 0 radical (unpaired) electrons. The molecule has 0 aliphatic carbocycles. The predicted octanol–water partition coefficient (Wildman–Crippen LogP) is -2.43. The minimum absolute atomic E-state index is 0.0218. The first-order valence-electron chi connectivity index (χ1n) is 6.84. The zero-order valence-electron chi connectivity index (χ0n) is 12.3. The molecular weight excluding hydrogens is 349 g/mol. The molecule has 1 saturated heterocycles. The Bertz CT molecular complexity index is 668. The number of aliphatic hydroxyl groups is 3. The zero-order chi connectivity index (χ0) is 17.9. The van der Waals surface area contributed by atoms with Crippen LogP contribution in [-0.2, 0) is 18.3 Å². The van der Waals surface area contributed by atoms with Crippen LogP contribution in [0.5, 0.6) is 0 Å². The van der Waals surface area contributed by atoms with Crippen molar-refractivity contribution in [3.05, 3.63) is 22.7 Å². The van der Waals surface area contributed by atoms with E-state index in [1.54, 1.807) is 0 Å². The zero-order valence-corrected chi connectivity index (χ0v) is 13.2. The van der Waals surface area contributed by atoms with Crippen molar-refractivity contribution in [2.75, 3.05) is 25.6 Å². The molecule has 1 fully saturated rings. The van der Waals surface area contributed by atoms with Crippen molar-refractivity contribution in [3.8, 4) is 0 Å². The molecule has 5 atom stereocenters. The number of anilines is 1. The SMILES string of the molecule is Nc1ccn([C@@H]2O[C@H](COP(=O)(O)OCCO)[C@@H](O)[C@@H]2O)c(=O)n1. The Morgan fingerprint density at radius 2 is 2.08 bits per heavy atom. The van der Waals surface area contributed by atoms with Crippen LogP contribution >= 0.6 is 7.82 Å². The van der Waals surface area contributed by atoms with E-state index in [4.69, 9.17) is 15.6 Å². The van der Waals surface area contributed by atoms with E-state index in [9.17, 15) is 24.5 Å². The molecule has 1 aliphatic rings. The minimum Gasteiger partial charge on any atom is -0.394 e. The Morgan fingerprint density at radius 3 is 2.71 bits per heavy atom. The number of hydrogen-bond donors (Lipinski definition) is 5. The van der Waals surface area contributed by atoms with Crippen LogP contribution in [0.3, 0.4) is 0 Å². The smallest absolute Gasteiger partial charge is 0.394 e. The van der Waals surface area contributed by atoms with E-state index in [-0.39, 0.29) is 5.82 Å². The summed E-state index contributed by atoms with van der Waals surface area (Å²) in [6.45, 7) is -1.49. The molecule has 1 unspecified atom stereocenters. The average molecular weight is 367 g/mol. The number of phosphoric ester groups is 1. The predicted molar refractivity (Wildman–Crippen MR) is 77.6 cm³/mol. The van der Waals surface area contributed by atoms with E-state index in [0.717, 1.165) is 4.57 Å². The largest absolute Gasteiger partial charge is 0.472 e. The molecule has 2 rings (SSSR count). The van der Waals surface area contributed by atoms with Gasteiger partial charge in [-0.25, -0.2) is 9.36 Å². The number of aliphatic hydroxyl groups excluding tert-OH is 3. The Balaban J connectivity index is 2.04. The third-order valence-corrected chi connectivity index (χ3v) is 4.19. The molecule has 0 amide bonds. The summed E-state index contributed by atoms with van der Waals surface area (Å²) in [6, 6.07) is 1.30. The summed E-state index contributed by atoms with van der Waals surface area (Å²) in [5.41, 5.74) is 4.56. The summed E-state index contributed by atoms with van der Waals surface area (Å²) in [5, 5.41) is 28.5. The number of hydrogen-bond acceptors (Lipinski definition) is 10. The lowest BCUT2D eigenvalue weighted by Crippen LogP contribution is -2.36. The molecule has 1 aromatic rings. The van der Waals surface area contributed by atoms with Crippen LogP contribution in [0.15, 0.2) is 17.1 Å². The third kappa shape index (κ3) is 4.37. The third-order valence-electron chi connectivity index (χ3n) is 3.21. The molecule has 1 aliphatic heterocycles. The van der Waals surface area contributed by atoms with E-state index in [1.807, 2.05) is 0 Å². The van der Waals surface area contributed by atoms with Gasteiger partial charge in [0.05, 0.1) is 19.8 Å². The second-order valence-corrected chi connectivity index (χ2v) is 6.36. The fourth-order valence-corrected chi connectivity index (χ4v) is 2.80.